The van der Waals surface area contributed by atoms with Gasteiger partial charge in [-0.05, 0) is 48.0 Å². The molecule has 0 aliphatic carbocycles. The number of aromatic nitrogens is 5. The highest BCUT2D eigenvalue weighted by Crippen LogP contribution is 2.33. The van der Waals surface area contributed by atoms with E-state index in [2.05, 4.69) is 29.3 Å². The van der Waals surface area contributed by atoms with E-state index in [4.69, 9.17) is 21.1 Å². The fourth-order valence-corrected chi connectivity index (χ4v) is 6.19. The standard InChI is InChI=1S/C32H33ClFN6O4/c1-37-9-8-30(41)38(32(37)42)16-22-12-29-31(35-20-36-39(29)17-22)27-13-23(33)14-28(34)26(27)15-25-19-40(2,10-11-44-25)18-21-4-6-24(43-3)7-5-21/h4-9,12-14,17,20,25H,10-11,15-16,18-19H2,1-3H3/q+1. The molecule has 6 rings (SSSR count). The van der Waals surface area contributed by atoms with E-state index in [1.54, 1.807) is 37.0 Å². The average molecular weight is 620 g/mol. The Labute approximate surface area is 258 Å². The van der Waals surface area contributed by atoms with Gasteiger partial charge >= 0.3 is 5.69 Å². The van der Waals surface area contributed by atoms with Gasteiger partial charge in [0.2, 0.25) is 0 Å². The predicted octanol–water partition coefficient (Wildman–Crippen LogP) is 3.69. The monoisotopic (exact) mass is 619 g/mol. The van der Waals surface area contributed by atoms with Gasteiger partial charge in [0.25, 0.3) is 5.56 Å². The normalized spacial score (nSPS) is 18.5. The van der Waals surface area contributed by atoms with Crippen LogP contribution in [0, 0.1) is 5.82 Å². The molecule has 228 valence electrons. The second kappa shape index (κ2) is 12.0. The fraction of sp³-hybridized carbons (Fsp3) is 0.312. The number of quaternary nitrogens is 1. The summed E-state index contributed by atoms with van der Waals surface area (Å²) in [6, 6.07) is 14.2. The lowest BCUT2D eigenvalue weighted by atomic mass is 9.96. The van der Waals surface area contributed by atoms with E-state index in [1.807, 2.05) is 12.1 Å². The Morgan fingerprint density at radius 1 is 1.14 bits per heavy atom. The summed E-state index contributed by atoms with van der Waals surface area (Å²) in [6.07, 6.45) is 4.65. The Hall–Kier alpha value is -4.32. The van der Waals surface area contributed by atoms with Crippen LogP contribution in [0.3, 0.4) is 0 Å². The zero-order chi connectivity index (χ0) is 31.0. The minimum Gasteiger partial charge on any atom is -0.497 e. The molecule has 0 amide bonds. The van der Waals surface area contributed by atoms with Gasteiger partial charge in [0.1, 0.15) is 43.6 Å². The molecule has 1 fully saturated rings. The summed E-state index contributed by atoms with van der Waals surface area (Å²) in [7, 11) is 5.43. The van der Waals surface area contributed by atoms with Crippen LogP contribution in [0.2, 0.25) is 5.02 Å². The molecule has 0 N–H and O–H groups in total. The van der Waals surface area contributed by atoms with E-state index >= 15 is 4.39 Å². The van der Waals surface area contributed by atoms with Crippen LogP contribution in [0.5, 0.6) is 5.75 Å². The van der Waals surface area contributed by atoms with Crippen molar-refractivity contribution in [1.82, 2.24) is 23.7 Å². The summed E-state index contributed by atoms with van der Waals surface area (Å²) in [4.78, 5) is 29.6. The summed E-state index contributed by atoms with van der Waals surface area (Å²) in [5.41, 5.74) is 3.10. The molecule has 10 nitrogen and oxygen atoms in total. The number of halogens is 2. The Morgan fingerprint density at radius 3 is 2.70 bits per heavy atom. The smallest absolute Gasteiger partial charge is 0.331 e. The van der Waals surface area contributed by atoms with E-state index in [0.717, 1.165) is 27.9 Å². The number of aryl methyl sites for hydroxylation is 1. The van der Waals surface area contributed by atoms with Gasteiger partial charge in [-0.15, -0.1) is 0 Å². The molecule has 4 heterocycles. The van der Waals surface area contributed by atoms with Crippen molar-refractivity contribution < 1.29 is 18.3 Å². The number of hydrogen-bond donors (Lipinski definition) is 0. The molecular formula is C32H33ClFN6O4+. The third kappa shape index (κ3) is 6.03. The maximum absolute atomic E-state index is 15.7. The van der Waals surface area contributed by atoms with Crippen molar-refractivity contribution in [2.75, 3.05) is 33.9 Å². The molecule has 0 bridgehead atoms. The van der Waals surface area contributed by atoms with Crippen LogP contribution >= 0.6 is 11.6 Å². The molecule has 1 aliphatic heterocycles. The lowest BCUT2D eigenvalue weighted by molar-refractivity contribution is -0.933. The molecule has 2 unspecified atom stereocenters. The van der Waals surface area contributed by atoms with Crippen molar-refractivity contribution in [2.24, 2.45) is 7.05 Å². The Balaban J connectivity index is 1.31. The fourth-order valence-electron chi connectivity index (χ4n) is 5.98. The van der Waals surface area contributed by atoms with E-state index in [-0.39, 0.29) is 17.7 Å². The maximum atomic E-state index is 15.7. The molecule has 2 atom stereocenters. The van der Waals surface area contributed by atoms with Gasteiger partial charge in [-0.25, -0.2) is 18.7 Å². The quantitative estimate of drug-likeness (QED) is 0.246. The van der Waals surface area contributed by atoms with Crippen LogP contribution in [-0.4, -0.2) is 68.2 Å². The molecule has 12 heteroatoms. The zero-order valence-electron chi connectivity index (χ0n) is 24.7. The highest BCUT2D eigenvalue weighted by atomic mass is 35.5. The Morgan fingerprint density at radius 2 is 1.93 bits per heavy atom. The molecule has 3 aromatic heterocycles. The summed E-state index contributed by atoms with van der Waals surface area (Å²) >= 11 is 6.38. The molecule has 0 radical (unpaired) electrons. The van der Waals surface area contributed by atoms with E-state index in [1.165, 1.54) is 34.8 Å². The van der Waals surface area contributed by atoms with E-state index in [9.17, 15) is 9.59 Å². The van der Waals surface area contributed by atoms with Crippen molar-refractivity contribution in [3.63, 3.8) is 0 Å². The molecule has 2 aromatic carbocycles. The molecule has 1 aliphatic rings. The number of methoxy groups -OCH3 is 1. The van der Waals surface area contributed by atoms with Gasteiger partial charge < -0.3 is 18.5 Å². The number of likely N-dealkylation sites (N-methyl/N-ethyl adjacent to an activating group) is 1. The first-order valence-electron chi connectivity index (χ1n) is 14.3. The van der Waals surface area contributed by atoms with Gasteiger partial charge in [-0.2, -0.15) is 5.10 Å². The van der Waals surface area contributed by atoms with E-state index in [0.29, 0.717) is 47.5 Å². The second-order valence-corrected chi connectivity index (χ2v) is 12.0. The predicted molar refractivity (Wildman–Crippen MR) is 164 cm³/mol. The highest BCUT2D eigenvalue weighted by molar-refractivity contribution is 6.31. The zero-order valence-corrected chi connectivity index (χ0v) is 25.5. The summed E-state index contributed by atoms with van der Waals surface area (Å²) < 4.78 is 32.0. The van der Waals surface area contributed by atoms with Gasteiger partial charge in [-0.1, -0.05) is 11.6 Å². The largest absolute Gasteiger partial charge is 0.497 e. The number of benzene rings is 2. The van der Waals surface area contributed by atoms with Crippen LogP contribution in [0.1, 0.15) is 16.7 Å². The number of rotatable bonds is 8. The third-order valence-electron chi connectivity index (χ3n) is 8.24. The van der Waals surface area contributed by atoms with Crippen LogP contribution in [0.25, 0.3) is 16.8 Å². The first-order chi connectivity index (χ1) is 21.1. The van der Waals surface area contributed by atoms with Crippen LogP contribution in [0.15, 0.2) is 76.8 Å². The topological polar surface area (TPSA) is 92.7 Å². The lowest BCUT2D eigenvalue weighted by Crippen LogP contribution is -2.55. The van der Waals surface area contributed by atoms with Gasteiger partial charge in [0, 0.05) is 53.6 Å². The highest BCUT2D eigenvalue weighted by Gasteiger charge is 2.33. The van der Waals surface area contributed by atoms with Gasteiger partial charge in [-0.3, -0.25) is 9.36 Å². The minimum atomic E-state index is -0.436. The minimum absolute atomic E-state index is 0.0481. The number of ether oxygens (including phenoxy) is 2. The Kier molecular flexibility index (Phi) is 8.10. The van der Waals surface area contributed by atoms with Crippen molar-refractivity contribution in [1.29, 1.82) is 0 Å². The molecule has 1 saturated heterocycles. The SMILES string of the molecule is COc1ccc(C[N+]2(C)CCOC(Cc3c(F)cc(Cl)cc3-c3ncnn4cc(Cn5c(=O)ccn(C)c5=O)cc34)C2)cc1. The van der Waals surface area contributed by atoms with Crippen molar-refractivity contribution in [3.8, 4) is 17.0 Å². The van der Waals surface area contributed by atoms with Gasteiger partial charge in [0.05, 0.1) is 38.5 Å². The summed E-state index contributed by atoms with van der Waals surface area (Å²) in [5, 5.41) is 4.57. The summed E-state index contributed by atoms with van der Waals surface area (Å²) in [5.74, 6) is 0.378. The first-order valence-corrected chi connectivity index (χ1v) is 14.7. The number of hydrogen-bond acceptors (Lipinski definition) is 6. The van der Waals surface area contributed by atoms with E-state index < -0.39 is 17.1 Å². The molecule has 44 heavy (non-hydrogen) atoms. The maximum Gasteiger partial charge on any atom is 0.331 e. The molecule has 0 spiro atoms. The number of nitrogens with zero attached hydrogens (tertiary/aromatic N) is 6. The first kappa shape index (κ1) is 29.7. The second-order valence-electron chi connectivity index (χ2n) is 11.6. The van der Waals surface area contributed by atoms with Crippen LogP contribution in [0.4, 0.5) is 4.39 Å². The average Bonchev–Trinajstić information content (AvgIpc) is 3.42. The molecule has 0 saturated carbocycles. The van der Waals surface area contributed by atoms with Crippen LogP contribution < -0.4 is 16.0 Å². The van der Waals surface area contributed by atoms with Crippen molar-refractivity contribution in [2.45, 2.75) is 25.6 Å². The summed E-state index contributed by atoms with van der Waals surface area (Å²) in [6.45, 7) is 2.95. The number of fused-ring (bicyclic) bond motifs is 1. The van der Waals surface area contributed by atoms with Crippen molar-refractivity contribution >= 4 is 17.1 Å². The molecule has 5 aromatic rings. The number of morpholine rings is 1. The van der Waals surface area contributed by atoms with Gasteiger partial charge in [0.15, 0.2) is 0 Å². The van der Waals surface area contributed by atoms with Crippen molar-refractivity contribution in [3.05, 3.63) is 116 Å². The lowest BCUT2D eigenvalue weighted by Gasteiger charge is -2.41. The third-order valence-corrected chi connectivity index (χ3v) is 8.46. The van der Waals surface area contributed by atoms with Crippen LogP contribution in [-0.2, 0) is 31.3 Å². The molecular weight excluding hydrogens is 587 g/mol. The Bertz CT molecular complexity index is 1950.